The van der Waals surface area contributed by atoms with Gasteiger partial charge in [-0.2, -0.15) is 0 Å². The zero-order valence-corrected chi connectivity index (χ0v) is 54.8. The molecule has 0 heterocycles. The number of carbonyl (C=O) groups excluding carboxylic acids is 2. The van der Waals surface area contributed by atoms with Gasteiger partial charge in [-0.1, -0.05) is 289 Å². The Morgan fingerprint density at radius 2 is 0.831 bits per heavy atom. The van der Waals surface area contributed by atoms with E-state index in [1.165, 1.54) is 103 Å². The highest BCUT2D eigenvalue weighted by Gasteiger charge is 2.30. The quantitative estimate of drug-likeness (QED) is 0.0156. The maximum Gasteiger partial charge on any atom is 0.472 e. The fourth-order valence-corrected chi connectivity index (χ4v) is 9.62. The van der Waals surface area contributed by atoms with Crippen molar-refractivity contribution in [2.24, 2.45) is 0 Å². The summed E-state index contributed by atoms with van der Waals surface area (Å²) in [5.41, 5.74) is 0. The summed E-state index contributed by atoms with van der Waals surface area (Å²) in [5, 5.41) is 3.05. The van der Waals surface area contributed by atoms with Crippen molar-refractivity contribution in [2.75, 3.05) is 40.9 Å². The number of allylic oxidation sites excluding steroid dienone is 23. The summed E-state index contributed by atoms with van der Waals surface area (Å²) in [7, 11) is 1.45. The molecular formula is C73H124N2O7P+. The fourth-order valence-electron chi connectivity index (χ4n) is 8.88. The summed E-state index contributed by atoms with van der Waals surface area (Å²) < 4.78 is 30.7. The highest BCUT2D eigenvalue weighted by Crippen LogP contribution is 2.43. The van der Waals surface area contributed by atoms with Gasteiger partial charge in [0.05, 0.1) is 33.8 Å². The van der Waals surface area contributed by atoms with Gasteiger partial charge in [-0.25, -0.2) is 4.57 Å². The average Bonchev–Trinajstić information content (AvgIpc) is 3.47. The van der Waals surface area contributed by atoms with E-state index in [9.17, 15) is 19.0 Å². The molecule has 10 heteroatoms. The van der Waals surface area contributed by atoms with Crippen molar-refractivity contribution in [2.45, 2.75) is 264 Å². The summed E-state index contributed by atoms with van der Waals surface area (Å²) in [6.07, 6.45) is 88.5. The van der Waals surface area contributed by atoms with Gasteiger partial charge in [0.1, 0.15) is 19.3 Å². The third-order valence-corrected chi connectivity index (χ3v) is 14.9. The second kappa shape index (κ2) is 61.0. The first kappa shape index (κ1) is 78.9. The van der Waals surface area contributed by atoms with Crippen LogP contribution in [0.4, 0.5) is 0 Å². The Morgan fingerprint density at radius 1 is 0.446 bits per heavy atom. The number of phosphoric ester groups is 1. The molecule has 1 amide bonds. The van der Waals surface area contributed by atoms with Gasteiger partial charge in [-0.3, -0.25) is 18.6 Å². The van der Waals surface area contributed by atoms with Crippen molar-refractivity contribution in [3.05, 3.63) is 146 Å². The lowest BCUT2D eigenvalue weighted by Crippen LogP contribution is -2.47. The molecule has 0 aromatic heterocycles. The van der Waals surface area contributed by atoms with Gasteiger partial charge in [-0.05, 0) is 96.0 Å². The number of rotatable bonds is 58. The first-order chi connectivity index (χ1) is 40.4. The first-order valence-electron chi connectivity index (χ1n) is 33.2. The summed E-state index contributed by atoms with van der Waals surface area (Å²) in [5.74, 6) is -0.567. The lowest BCUT2D eigenvalue weighted by molar-refractivity contribution is -0.870. The van der Waals surface area contributed by atoms with Gasteiger partial charge in [0.15, 0.2) is 0 Å². The van der Waals surface area contributed by atoms with Crippen LogP contribution >= 0.6 is 7.82 Å². The highest BCUT2D eigenvalue weighted by molar-refractivity contribution is 7.47. The summed E-state index contributed by atoms with van der Waals surface area (Å²) in [6, 6.07) is -0.880. The van der Waals surface area contributed by atoms with Crippen LogP contribution in [0, 0.1) is 0 Å². The van der Waals surface area contributed by atoms with Crippen LogP contribution in [0.2, 0.25) is 0 Å². The maximum atomic E-state index is 13.6. The lowest BCUT2D eigenvalue weighted by Gasteiger charge is -2.27. The monoisotopic (exact) mass is 1170 g/mol. The molecule has 3 atom stereocenters. The maximum absolute atomic E-state index is 13.6. The predicted molar refractivity (Wildman–Crippen MR) is 359 cm³/mol. The minimum atomic E-state index is -4.47. The normalized spacial score (nSPS) is 14.5. The molecule has 0 rings (SSSR count). The van der Waals surface area contributed by atoms with Crippen LogP contribution in [0.1, 0.15) is 252 Å². The molecule has 0 saturated heterocycles. The van der Waals surface area contributed by atoms with Crippen LogP contribution in [0.5, 0.6) is 0 Å². The number of phosphoric acid groups is 1. The molecule has 0 aliphatic heterocycles. The van der Waals surface area contributed by atoms with E-state index in [1.54, 1.807) is 0 Å². The van der Waals surface area contributed by atoms with Gasteiger partial charge in [0.25, 0.3) is 0 Å². The number of hydrogen-bond acceptors (Lipinski definition) is 6. The number of likely N-dealkylation sites (N-methyl/N-ethyl adjacent to an activating group) is 1. The van der Waals surface area contributed by atoms with E-state index >= 15 is 0 Å². The number of ether oxygens (including phenoxy) is 1. The first-order valence-corrected chi connectivity index (χ1v) is 34.7. The molecule has 0 spiro atoms. The highest BCUT2D eigenvalue weighted by atomic mass is 31.2. The van der Waals surface area contributed by atoms with Gasteiger partial charge in [-0.15, -0.1) is 0 Å². The molecule has 3 unspecified atom stereocenters. The Hall–Kier alpha value is -4.11. The van der Waals surface area contributed by atoms with Crippen molar-refractivity contribution in [1.82, 2.24) is 5.32 Å². The number of esters is 1. The molecule has 0 aromatic carbocycles. The summed E-state index contributed by atoms with van der Waals surface area (Å²) in [4.78, 5) is 37.8. The van der Waals surface area contributed by atoms with Crippen LogP contribution in [0.15, 0.2) is 146 Å². The molecule has 0 bridgehead atoms. The van der Waals surface area contributed by atoms with Crippen LogP contribution < -0.4 is 5.32 Å². The van der Waals surface area contributed by atoms with E-state index in [1.807, 2.05) is 94.1 Å². The third-order valence-electron chi connectivity index (χ3n) is 13.9. The Morgan fingerprint density at radius 3 is 1.31 bits per heavy atom. The van der Waals surface area contributed by atoms with E-state index in [0.717, 1.165) is 109 Å². The van der Waals surface area contributed by atoms with E-state index in [2.05, 4.69) is 99.0 Å². The van der Waals surface area contributed by atoms with Crippen LogP contribution in [0.3, 0.4) is 0 Å². The minimum absolute atomic E-state index is 0.0240. The van der Waals surface area contributed by atoms with Crippen molar-refractivity contribution >= 4 is 19.7 Å². The SMILES string of the molecule is CC\C=C/C=C/C=C/C=C\C=C\C=C\CCCCCC(=O)OC(/C=C\CCCCCCCCCCCCC)C(COP(=O)(O)OCC[N+](C)(C)C)NC(=O)CCCCCCCCCCCCC/C=C\C/C=C\C/C=C\C/C=C\C/C=C\CC. The Bertz CT molecular complexity index is 1930. The topological polar surface area (TPSA) is 111 Å². The second-order valence-electron chi connectivity index (χ2n) is 23.0. The largest absolute Gasteiger partial charge is 0.472 e. The molecule has 0 aliphatic carbocycles. The Kier molecular flexibility index (Phi) is 58.0. The Balaban J connectivity index is 5.21. The number of hydrogen-bond donors (Lipinski definition) is 2. The fraction of sp³-hybridized carbons (Fsp3) is 0.644. The smallest absolute Gasteiger partial charge is 0.456 e. The molecular weight excluding hydrogens is 1050 g/mol. The third kappa shape index (κ3) is 62.2. The lowest BCUT2D eigenvalue weighted by atomic mass is 10.0. The van der Waals surface area contributed by atoms with Gasteiger partial charge < -0.3 is 19.4 Å². The Labute approximate surface area is 510 Å². The van der Waals surface area contributed by atoms with Crippen molar-refractivity contribution in [3.8, 4) is 0 Å². The zero-order chi connectivity index (χ0) is 60.7. The second-order valence-corrected chi connectivity index (χ2v) is 24.5. The van der Waals surface area contributed by atoms with Gasteiger partial charge >= 0.3 is 13.8 Å². The molecule has 0 saturated carbocycles. The van der Waals surface area contributed by atoms with Crippen molar-refractivity contribution < 1.29 is 37.3 Å². The summed E-state index contributed by atoms with van der Waals surface area (Å²) >= 11 is 0. The molecule has 0 fully saturated rings. The number of quaternary nitrogens is 1. The van der Waals surface area contributed by atoms with Gasteiger partial charge in [0, 0.05) is 12.8 Å². The van der Waals surface area contributed by atoms with Gasteiger partial charge in [0.2, 0.25) is 5.91 Å². The standard InChI is InChI=1S/C73H123N2O7P/c1-7-10-13-16-19-22-25-28-30-32-33-34-35-36-37-38-39-40-41-43-44-47-50-53-56-59-62-65-72(76)74-70(69-81-83(78,79)80-68-67-75(4,5)6)71(64-61-58-55-52-49-46-27-24-21-18-15-12-9-3)82-73(77)66-63-60-57-54-51-48-45-42-31-29-26-23-20-17-14-11-8-2/h10-11,13-14,17,19-20,22-23,26,28-31,33-34,36-37,42,45,48,51,61,64,70-71H,7-9,12,15-16,18,21,24-25,27,32,35,38-41,43-44,46-47,49-50,52-60,62-63,65-69H2,1-6H3,(H-,74,76,78,79)/p+1/b13-10-,14-11-,20-17+,22-19-,26-23+,30-28-,31-29-,34-33-,37-36-,45-42+,51-48+,64-61-. The number of amides is 1. The summed E-state index contributed by atoms with van der Waals surface area (Å²) in [6.45, 7) is 6.71. The molecule has 83 heavy (non-hydrogen) atoms. The number of carbonyl (C=O) groups is 2. The van der Waals surface area contributed by atoms with E-state index in [0.29, 0.717) is 23.9 Å². The van der Waals surface area contributed by atoms with Crippen molar-refractivity contribution in [1.29, 1.82) is 0 Å². The molecule has 9 nitrogen and oxygen atoms in total. The van der Waals surface area contributed by atoms with Crippen LogP contribution in [-0.2, 0) is 27.9 Å². The number of nitrogens with one attached hydrogen (secondary N) is 1. The number of nitrogens with zero attached hydrogens (tertiary/aromatic N) is 1. The predicted octanol–water partition coefficient (Wildman–Crippen LogP) is 21.0. The van der Waals surface area contributed by atoms with Crippen LogP contribution in [0.25, 0.3) is 0 Å². The molecule has 0 aromatic rings. The van der Waals surface area contributed by atoms with E-state index < -0.39 is 20.0 Å². The van der Waals surface area contributed by atoms with Crippen LogP contribution in [-0.4, -0.2) is 74.3 Å². The zero-order valence-electron chi connectivity index (χ0n) is 53.9. The molecule has 472 valence electrons. The molecule has 0 aliphatic rings. The average molecular weight is 1170 g/mol. The molecule has 2 N–H and O–H groups in total. The molecule has 0 radical (unpaired) electrons. The van der Waals surface area contributed by atoms with Crippen molar-refractivity contribution in [3.63, 3.8) is 0 Å². The minimum Gasteiger partial charge on any atom is -0.456 e. The number of unbranched alkanes of at least 4 members (excludes halogenated alkanes) is 25. The van der Waals surface area contributed by atoms with E-state index in [-0.39, 0.29) is 31.5 Å². The van der Waals surface area contributed by atoms with E-state index in [4.69, 9.17) is 13.8 Å².